The zero-order chi connectivity index (χ0) is 56.4. The number of carbonyl (C=O) groups excluding carboxylic acids is 3. The average molecular weight is 1090 g/mol. The van der Waals surface area contributed by atoms with Crippen molar-refractivity contribution in [2.75, 3.05) is 13.2 Å². The largest absolute Gasteiger partial charge is 0.462 e. The third-order valence-electron chi connectivity index (χ3n) is 15.0. The van der Waals surface area contributed by atoms with Crippen LogP contribution in [-0.2, 0) is 28.6 Å². The molecule has 0 bridgehead atoms. The number of hydrogen-bond acceptors (Lipinski definition) is 6. The van der Waals surface area contributed by atoms with Gasteiger partial charge in [-0.05, 0) is 70.6 Å². The van der Waals surface area contributed by atoms with Crippen LogP contribution in [0.1, 0.15) is 348 Å². The Kier molecular flexibility index (Phi) is 63.7. The smallest absolute Gasteiger partial charge is 0.306 e. The van der Waals surface area contributed by atoms with Crippen molar-refractivity contribution in [3.05, 3.63) is 72.9 Å². The minimum absolute atomic E-state index is 0.0704. The predicted octanol–water partition coefficient (Wildman–Crippen LogP) is 23.3. The molecule has 1 atom stereocenters. The van der Waals surface area contributed by atoms with Crippen molar-refractivity contribution in [3.8, 4) is 0 Å². The summed E-state index contributed by atoms with van der Waals surface area (Å²) in [4.78, 5) is 38.4. The second-order valence-electron chi connectivity index (χ2n) is 22.7. The summed E-state index contributed by atoms with van der Waals surface area (Å²) in [7, 11) is 0. The van der Waals surface area contributed by atoms with E-state index in [0.29, 0.717) is 19.3 Å². The maximum atomic E-state index is 12.9. The summed E-state index contributed by atoms with van der Waals surface area (Å²) in [5.74, 6) is -0.852. The Morgan fingerprint density at radius 3 is 0.782 bits per heavy atom. The topological polar surface area (TPSA) is 78.9 Å². The monoisotopic (exact) mass is 1090 g/mol. The van der Waals surface area contributed by atoms with E-state index in [-0.39, 0.29) is 31.1 Å². The lowest BCUT2D eigenvalue weighted by atomic mass is 10.0. The molecule has 0 saturated heterocycles. The van der Waals surface area contributed by atoms with Crippen molar-refractivity contribution in [2.24, 2.45) is 0 Å². The molecule has 0 aromatic carbocycles. The molecule has 0 aliphatic carbocycles. The van der Waals surface area contributed by atoms with Crippen LogP contribution < -0.4 is 0 Å². The molecule has 6 nitrogen and oxygen atoms in total. The van der Waals surface area contributed by atoms with Crippen LogP contribution in [0.25, 0.3) is 0 Å². The number of unbranched alkanes of at least 4 members (excludes halogenated alkanes) is 39. The van der Waals surface area contributed by atoms with Gasteiger partial charge in [-0.15, -0.1) is 0 Å². The molecule has 78 heavy (non-hydrogen) atoms. The first kappa shape index (κ1) is 74.8. The number of rotatable bonds is 62. The van der Waals surface area contributed by atoms with E-state index in [1.165, 1.54) is 212 Å². The molecule has 0 amide bonds. The van der Waals surface area contributed by atoms with Gasteiger partial charge in [-0.25, -0.2) is 0 Å². The summed E-state index contributed by atoms with van der Waals surface area (Å²) in [6.45, 7) is 6.58. The van der Waals surface area contributed by atoms with Crippen molar-refractivity contribution >= 4 is 17.9 Å². The third-order valence-corrected chi connectivity index (χ3v) is 15.0. The highest BCUT2D eigenvalue weighted by Crippen LogP contribution is 2.18. The summed E-state index contributed by atoms with van der Waals surface area (Å²) in [5.41, 5.74) is 0. The molecule has 6 heteroatoms. The minimum Gasteiger partial charge on any atom is -0.462 e. The highest BCUT2D eigenvalue weighted by Gasteiger charge is 2.19. The second kappa shape index (κ2) is 66.4. The molecule has 0 N–H and O–H groups in total. The number of carbonyl (C=O) groups is 3. The second-order valence-corrected chi connectivity index (χ2v) is 22.7. The Balaban J connectivity index is 4.27. The van der Waals surface area contributed by atoms with Gasteiger partial charge in [0.15, 0.2) is 6.10 Å². The van der Waals surface area contributed by atoms with Crippen molar-refractivity contribution in [2.45, 2.75) is 354 Å². The fraction of sp³-hybridized carbons (Fsp3) is 0.792. The zero-order valence-electron chi connectivity index (χ0n) is 51.9. The van der Waals surface area contributed by atoms with E-state index >= 15 is 0 Å². The molecule has 0 aliphatic rings. The fourth-order valence-electron chi connectivity index (χ4n) is 9.92. The molecule has 0 spiro atoms. The maximum absolute atomic E-state index is 12.9. The first-order valence-electron chi connectivity index (χ1n) is 33.9. The van der Waals surface area contributed by atoms with Gasteiger partial charge in [0.2, 0.25) is 0 Å². The molecule has 0 radical (unpaired) electrons. The molecule has 0 saturated carbocycles. The van der Waals surface area contributed by atoms with Crippen LogP contribution in [0.15, 0.2) is 72.9 Å². The van der Waals surface area contributed by atoms with Crippen LogP contribution in [0.4, 0.5) is 0 Å². The van der Waals surface area contributed by atoms with Crippen molar-refractivity contribution in [1.29, 1.82) is 0 Å². The molecular weight excluding hydrogens is 961 g/mol. The summed E-state index contributed by atoms with van der Waals surface area (Å²) < 4.78 is 17.0. The normalized spacial score (nSPS) is 12.5. The lowest BCUT2D eigenvalue weighted by Crippen LogP contribution is -2.30. The standard InChI is InChI=1S/C72H128O6/c1-4-7-10-13-16-19-22-25-28-30-31-32-33-34-35-36-37-38-39-40-41-42-45-47-50-53-56-59-62-65-71(74)77-68-69(67-76-70(73)64-61-58-55-52-49-46-43-27-24-21-18-15-12-9-6-3)78-72(75)66-63-60-57-54-51-48-44-29-26-23-20-17-14-11-8-5-2/h7,10,16,19,25,28,31-32,34-35,37-38,69H,4-6,8-9,11-15,17-18,20-24,26-27,29-30,33,36,39-68H2,1-3H3/b10-7-,19-16-,28-25-,32-31-,35-34-,38-37-. The average Bonchev–Trinajstić information content (AvgIpc) is 3.44. The van der Waals surface area contributed by atoms with Crippen molar-refractivity contribution < 1.29 is 28.6 Å². The lowest BCUT2D eigenvalue weighted by molar-refractivity contribution is -0.167. The molecule has 0 fully saturated rings. The molecule has 1 unspecified atom stereocenters. The van der Waals surface area contributed by atoms with Gasteiger partial charge in [-0.1, -0.05) is 331 Å². The molecule has 0 heterocycles. The lowest BCUT2D eigenvalue weighted by Gasteiger charge is -2.18. The van der Waals surface area contributed by atoms with Gasteiger partial charge in [0, 0.05) is 19.3 Å². The SMILES string of the molecule is CC/C=C\C/C=C\C/C=C\C/C=C\C/C=C\C/C=C\CCCCCCCCCCCCC(=O)OCC(COC(=O)CCCCCCCCCCCCCCCCC)OC(=O)CCCCCCCCCCCCCCCCCC. The van der Waals surface area contributed by atoms with Crippen LogP contribution >= 0.6 is 0 Å². The summed E-state index contributed by atoms with van der Waals surface area (Å²) >= 11 is 0. The zero-order valence-corrected chi connectivity index (χ0v) is 51.9. The molecule has 0 aliphatic heterocycles. The van der Waals surface area contributed by atoms with Crippen molar-refractivity contribution in [1.82, 2.24) is 0 Å². The Labute approximate surface area is 484 Å². The van der Waals surface area contributed by atoms with E-state index in [9.17, 15) is 14.4 Å². The van der Waals surface area contributed by atoms with Gasteiger partial charge < -0.3 is 14.2 Å². The van der Waals surface area contributed by atoms with Crippen LogP contribution in [0.5, 0.6) is 0 Å². The van der Waals surface area contributed by atoms with Crippen LogP contribution in [-0.4, -0.2) is 37.2 Å². The van der Waals surface area contributed by atoms with Gasteiger partial charge in [0.05, 0.1) is 0 Å². The predicted molar refractivity (Wildman–Crippen MR) is 339 cm³/mol. The number of ether oxygens (including phenoxy) is 3. The Bertz CT molecular complexity index is 1440. The van der Waals surface area contributed by atoms with E-state index in [1.54, 1.807) is 0 Å². The fourth-order valence-corrected chi connectivity index (χ4v) is 9.92. The first-order chi connectivity index (χ1) is 38.5. The highest BCUT2D eigenvalue weighted by molar-refractivity contribution is 5.71. The van der Waals surface area contributed by atoms with E-state index in [2.05, 4.69) is 93.7 Å². The highest BCUT2D eigenvalue weighted by atomic mass is 16.6. The maximum Gasteiger partial charge on any atom is 0.306 e. The van der Waals surface area contributed by atoms with Gasteiger partial charge >= 0.3 is 17.9 Å². The number of hydrogen-bond donors (Lipinski definition) is 0. The summed E-state index contributed by atoms with van der Waals surface area (Å²) in [6, 6.07) is 0. The van der Waals surface area contributed by atoms with E-state index in [4.69, 9.17) is 14.2 Å². The number of allylic oxidation sites excluding steroid dienone is 12. The third kappa shape index (κ3) is 63.7. The van der Waals surface area contributed by atoms with Crippen LogP contribution in [0.2, 0.25) is 0 Å². The Morgan fingerprint density at radius 1 is 0.269 bits per heavy atom. The summed E-state index contributed by atoms with van der Waals surface area (Å²) in [5, 5.41) is 0. The number of esters is 3. The Hall–Kier alpha value is -3.15. The first-order valence-corrected chi connectivity index (χ1v) is 33.9. The molecule has 0 aromatic heterocycles. The van der Waals surface area contributed by atoms with E-state index in [0.717, 1.165) is 96.3 Å². The van der Waals surface area contributed by atoms with Gasteiger partial charge in [-0.3, -0.25) is 14.4 Å². The molecule has 0 aromatic rings. The molecule has 452 valence electrons. The molecule has 0 rings (SSSR count). The van der Waals surface area contributed by atoms with Crippen LogP contribution in [0, 0.1) is 0 Å². The van der Waals surface area contributed by atoms with Gasteiger partial charge in [-0.2, -0.15) is 0 Å². The summed E-state index contributed by atoms with van der Waals surface area (Å²) in [6.07, 6.45) is 86.3. The minimum atomic E-state index is -0.774. The van der Waals surface area contributed by atoms with Crippen LogP contribution in [0.3, 0.4) is 0 Å². The van der Waals surface area contributed by atoms with E-state index < -0.39 is 6.10 Å². The quantitative estimate of drug-likeness (QED) is 0.0261. The van der Waals surface area contributed by atoms with E-state index in [1.807, 2.05) is 0 Å². The Morgan fingerprint density at radius 2 is 0.500 bits per heavy atom. The van der Waals surface area contributed by atoms with Gasteiger partial charge in [0.1, 0.15) is 13.2 Å². The van der Waals surface area contributed by atoms with Crippen molar-refractivity contribution in [3.63, 3.8) is 0 Å². The van der Waals surface area contributed by atoms with Gasteiger partial charge in [0.25, 0.3) is 0 Å². The molecular formula is C72H128O6.